The molecule has 0 saturated carbocycles. The van der Waals surface area contributed by atoms with E-state index in [1.165, 1.54) is 6.42 Å². The van der Waals surface area contributed by atoms with Crippen LogP contribution in [0.15, 0.2) is 17.4 Å². The Balaban J connectivity index is 1.78. The standard InChI is InChI=1S/C18H24F2N6S/c1-10-4-14(25-7-12-5-13(8-25)23-12)16-11(2)22-17(26(16)6-10)18(24-21-3)27-9-15(19)20/h4,6,12-13,15,21,23H,5,7-9H2,1-3H3/b24-18-. The van der Waals surface area contributed by atoms with Gasteiger partial charge in [0.25, 0.3) is 0 Å². The van der Waals surface area contributed by atoms with Gasteiger partial charge in [0.1, 0.15) is 0 Å². The molecule has 3 fully saturated rings. The Morgan fingerprint density at radius 2 is 2.11 bits per heavy atom. The number of hydrogen-bond acceptors (Lipinski definition) is 6. The highest BCUT2D eigenvalue weighted by molar-refractivity contribution is 8.14. The molecule has 0 amide bonds. The molecule has 5 rings (SSSR count). The predicted octanol–water partition coefficient (Wildman–Crippen LogP) is 2.38. The van der Waals surface area contributed by atoms with Crippen molar-refractivity contribution >= 4 is 28.0 Å². The fraction of sp³-hybridized carbons (Fsp3) is 0.556. The highest BCUT2D eigenvalue weighted by atomic mass is 32.2. The van der Waals surface area contributed by atoms with E-state index in [1.807, 2.05) is 24.4 Å². The maximum atomic E-state index is 12.7. The Hall–Kier alpha value is -1.87. The minimum atomic E-state index is -2.39. The number of piperazine rings is 1. The molecule has 0 spiro atoms. The van der Waals surface area contributed by atoms with Crippen LogP contribution in [0.1, 0.15) is 23.5 Å². The van der Waals surface area contributed by atoms with Gasteiger partial charge in [-0.2, -0.15) is 5.10 Å². The molecule has 2 N–H and O–H groups in total. The zero-order valence-electron chi connectivity index (χ0n) is 15.7. The summed E-state index contributed by atoms with van der Waals surface area (Å²) in [4.78, 5) is 7.11. The van der Waals surface area contributed by atoms with E-state index in [0.29, 0.717) is 23.0 Å². The summed E-state index contributed by atoms with van der Waals surface area (Å²) in [6, 6.07) is 3.30. The molecule has 6 nitrogen and oxygen atoms in total. The average molecular weight is 394 g/mol. The van der Waals surface area contributed by atoms with Crippen molar-refractivity contribution in [2.75, 3.05) is 30.8 Å². The third kappa shape index (κ3) is 3.50. The lowest BCUT2D eigenvalue weighted by atomic mass is 9.91. The molecule has 2 bridgehead atoms. The second-order valence-electron chi connectivity index (χ2n) is 7.19. The van der Waals surface area contributed by atoms with Gasteiger partial charge in [-0.05, 0) is 31.9 Å². The van der Waals surface area contributed by atoms with Crippen LogP contribution in [0.5, 0.6) is 0 Å². The Bertz CT molecular complexity index is 864. The van der Waals surface area contributed by atoms with Crippen molar-refractivity contribution in [2.24, 2.45) is 5.10 Å². The van der Waals surface area contributed by atoms with Crippen LogP contribution in [0.4, 0.5) is 14.5 Å². The quantitative estimate of drug-likeness (QED) is 0.463. The number of fused-ring (bicyclic) bond motifs is 3. The number of imidazole rings is 1. The number of rotatable bonds is 5. The van der Waals surface area contributed by atoms with E-state index < -0.39 is 6.43 Å². The molecule has 146 valence electrons. The molecule has 5 heterocycles. The first kappa shape index (κ1) is 18.5. The van der Waals surface area contributed by atoms with E-state index in [4.69, 9.17) is 4.98 Å². The average Bonchev–Trinajstić information content (AvgIpc) is 2.93. The fourth-order valence-corrected chi connectivity index (χ4v) is 4.71. The van der Waals surface area contributed by atoms with E-state index in [2.05, 4.69) is 26.8 Å². The second kappa shape index (κ2) is 7.27. The van der Waals surface area contributed by atoms with Crippen molar-refractivity contribution in [3.8, 4) is 0 Å². The lowest BCUT2D eigenvalue weighted by Crippen LogP contribution is -2.67. The van der Waals surface area contributed by atoms with Crippen LogP contribution in [-0.2, 0) is 0 Å². The Morgan fingerprint density at radius 1 is 1.41 bits per heavy atom. The largest absolute Gasteiger partial charge is 0.367 e. The van der Waals surface area contributed by atoms with Gasteiger partial charge in [-0.25, -0.2) is 13.8 Å². The summed E-state index contributed by atoms with van der Waals surface area (Å²) in [5, 5.41) is 8.24. The molecule has 27 heavy (non-hydrogen) atoms. The van der Waals surface area contributed by atoms with Crippen LogP contribution in [0, 0.1) is 13.8 Å². The lowest BCUT2D eigenvalue weighted by Gasteiger charge is -2.49. The number of alkyl halides is 2. The van der Waals surface area contributed by atoms with Crippen LogP contribution < -0.4 is 15.6 Å². The molecule has 0 radical (unpaired) electrons. The van der Waals surface area contributed by atoms with Crippen molar-refractivity contribution < 1.29 is 8.78 Å². The highest BCUT2D eigenvalue weighted by Gasteiger charge is 2.37. The van der Waals surface area contributed by atoms with E-state index in [0.717, 1.165) is 47.3 Å². The molecule has 2 unspecified atom stereocenters. The topological polar surface area (TPSA) is 57.0 Å². The number of pyridine rings is 1. The van der Waals surface area contributed by atoms with E-state index in [1.54, 1.807) is 7.05 Å². The first-order chi connectivity index (χ1) is 13.0. The monoisotopic (exact) mass is 394 g/mol. The SMILES string of the molecule is CN/N=C(\SCC(F)F)c1nc(C)c2c(N3CC4CC(C3)N4)cc(C)cn12. The minimum Gasteiger partial charge on any atom is -0.367 e. The van der Waals surface area contributed by atoms with Gasteiger partial charge in [-0.3, -0.25) is 4.40 Å². The number of hydrazone groups is 1. The summed E-state index contributed by atoms with van der Waals surface area (Å²) in [7, 11) is 1.66. The van der Waals surface area contributed by atoms with Gasteiger partial charge in [0.05, 0.1) is 22.7 Å². The van der Waals surface area contributed by atoms with Gasteiger partial charge in [0, 0.05) is 38.4 Å². The third-order valence-electron chi connectivity index (χ3n) is 5.04. The zero-order chi connectivity index (χ0) is 19.1. The number of aryl methyl sites for hydroxylation is 2. The molecule has 3 aliphatic rings. The van der Waals surface area contributed by atoms with Gasteiger partial charge in [-0.15, -0.1) is 0 Å². The molecule has 2 aromatic rings. The zero-order valence-corrected chi connectivity index (χ0v) is 16.5. The third-order valence-corrected chi connectivity index (χ3v) is 6.00. The van der Waals surface area contributed by atoms with Crippen LogP contribution >= 0.6 is 11.8 Å². The van der Waals surface area contributed by atoms with Crippen LogP contribution in [0.3, 0.4) is 0 Å². The molecule has 3 aliphatic heterocycles. The van der Waals surface area contributed by atoms with Gasteiger partial charge in [0.15, 0.2) is 10.9 Å². The van der Waals surface area contributed by atoms with Gasteiger partial charge in [-0.1, -0.05) is 11.8 Å². The van der Waals surface area contributed by atoms with Crippen molar-refractivity contribution in [1.29, 1.82) is 0 Å². The van der Waals surface area contributed by atoms with E-state index in [-0.39, 0.29) is 5.75 Å². The van der Waals surface area contributed by atoms with Crippen molar-refractivity contribution in [3.63, 3.8) is 0 Å². The van der Waals surface area contributed by atoms with Crippen LogP contribution in [0.2, 0.25) is 0 Å². The van der Waals surface area contributed by atoms with Crippen molar-refractivity contribution in [3.05, 3.63) is 29.3 Å². The number of thioether (sulfide) groups is 1. The molecule has 0 aromatic carbocycles. The number of nitrogens with one attached hydrogen (secondary N) is 2. The number of piperidine rings is 1. The predicted molar refractivity (Wildman–Crippen MR) is 106 cm³/mol. The number of aromatic nitrogens is 2. The highest BCUT2D eigenvalue weighted by Crippen LogP contribution is 2.33. The van der Waals surface area contributed by atoms with Crippen LogP contribution in [-0.4, -0.2) is 58.8 Å². The van der Waals surface area contributed by atoms with E-state index in [9.17, 15) is 8.78 Å². The fourth-order valence-electron chi connectivity index (χ4n) is 4.00. The molecule has 2 atom stereocenters. The Morgan fingerprint density at radius 3 is 2.74 bits per heavy atom. The summed E-state index contributed by atoms with van der Waals surface area (Å²) < 4.78 is 27.5. The molecule has 3 saturated heterocycles. The second-order valence-corrected chi connectivity index (χ2v) is 8.19. The number of hydrogen-bond donors (Lipinski definition) is 2. The molecular formula is C18H24F2N6S. The van der Waals surface area contributed by atoms with Gasteiger partial charge in [0.2, 0.25) is 6.43 Å². The molecule has 0 aliphatic carbocycles. The molecule has 9 heteroatoms. The maximum absolute atomic E-state index is 12.7. The number of anilines is 1. The summed E-state index contributed by atoms with van der Waals surface area (Å²) in [5.74, 6) is 0.293. The van der Waals surface area contributed by atoms with E-state index >= 15 is 0 Å². The molecule has 2 aromatic heterocycles. The Labute approximate surface area is 161 Å². The minimum absolute atomic E-state index is 0.311. The first-order valence-corrected chi connectivity index (χ1v) is 10.1. The number of nitrogens with zero attached hydrogens (tertiary/aromatic N) is 4. The van der Waals surface area contributed by atoms with Crippen molar-refractivity contribution in [2.45, 2.75) is 38.8 Å². The summed E-state index contributed by atoms with van der Waals surface area (Å²) in [5.41, 5.74) is 6.89. The summed E-state index contributed by atoms with van der Waals surface area (Å²) >= 11 is 1.02. The van der Waals surface area contributed by atoms with Gasteiger partial charge >= 0.3 is 0 Å². The maximum Gasteiger partial charge on any atom is 0.247 e. The first-order valence-electron chi connectivity index (χ1n) is 9.12. The summed E-state index contributed by atoms with van der Waals surface area (Å²) in [6.07, 6.45) is 0.852. The Kier molecular flexibility index (Phi) is 4.98. The van der Waals surface area contributed by atoms with Gasteiger partial charge < -0.3 is 15.6 Å². The molecular weight excluding hydrogens is 370 g/mol. The smallest absolute Gasteiger partial charge is 0.247 e. The van der Waals surface area contributed by atoms with Crippen LogP contribution in [0.25, 0.3) is 5.52 Å². The number of halogens is 2. The lowest BCUT2D eigenvalue weighted by molar-refractivity contribution is 0.177. The van der Waals surface area contributed by atoms with Crippen molar-refractivity contribution in [1.82, 2.24) is 20.1 Å². The normalized spacial score (nSPS) is 22.4. The summed E-state index contributed by atoms with van der Waals surface area (Å²) in [6.45, 7) is 5.97.